The number of allylic oxidation sites excluding steroid dienone is 1. The standard InChI is InChI=1S/C26H25N3O7S/c1-4-9-17-21(25(32)36-5-2)22(16-11-6-7-13-19(16)35-3)28-24(31)20(37-26(28)27-17)14-15-10-8-12-18(23(15)30)29(33)34/h6-8,10-14,22,30H,4-5,9H2,1-3H3/b20-14+/t22-/m0/s1. The predicted octanol–water partition coefficient (Wildman–Crippen LogP) is 3.20. The van der Waals surface area contributed by atoms with E-state index in [1.165, 1.54) is 36.0 Å². The van der Waals surface area contributed by atoms with Gasteiger partial charge in [-0.2, -0.15) is 0 Å². The smallest absolute Gasteiger partial charge is 0.338 e. The van der Waals surface area contributed by atoms with Crippen LogP contribution >= 0.6 is 11.3 Å². The van der Waals surface area contributed by atoms with E-state index in [1.54, 1.807) is 31.2 Å². The monoisotopic (exact) mass is 523 g/mol. The zero-order chi connectivity index (χ0) is 26.7. The van der Waals surface area contributed by atoms with Crippen molar-refractivity contribution in [3.05, 3.63) is 94.7 Å². The molecule has 0 saturated carbocycles. The molecule has 3 aromatic rings. The highest BCUT2D eigenvalue weighted by molar-refractivity contribution is 7.07. The minimum atomic E-state index is -0.867. The van der Waals surface area contributed by atoms with Crippen molar-refractivity contribution in [2.75, 3.05) is 13.7 Å². The highest BCUT2D eigenvalue weighted by Crippen LogP contribution is 2.37. The van der Waals surface area contributed by atoms with Crippen LogP contribution in [0, 0.1) is 10.1 Å². The number of hydrogen-bond acceptors (Lipinski definition) is 9. The Balaban J connectivity index is 2.04. The van der Waals surface area contributed by atoms with Crippen molar-refractivity contribution in [3.8, 4) is 11.5 Å². The fraction of sp³-hybridized carbons (Fsp3) is 0.269. The molecule has 11 heteroatoms. The van der Waals surface area contributed by atoms with Gasteiger partial charge in [0.05, 0.1) is 34.4 Å². The molecule has 0 unspecified atom stereocenters. The van der Waals surface area contributed by atoms with Gasteiger partial charge in [0.1, 0.15) is 11.8 Å². The van der Waals surface area contributed by atoms with E-state index >= 15 is 0 Å². The Labute approximate surface area is 215 Å². The zero-order valence-electron chi connectivity index (χ0n) is 20.5. The van der Waals surface area contributed by atoms with Crippen LogP contribution in [-0.4, -0.2) is 34.3 Å². The molecule has 37 heavy (non-hydrogen) atoms. The largest absolute Gasteiger partial charge is 0.502 e. The lowest BCUT2D eigenvalue weighted by atomic mass is 9.93. The summed E-state index contributed by atoms with van der Waals surface area (Å²) in [5.41, 5.74) is 0.536. The molecule has 4 rings (SSSR count). The number of nitrogens with zero attached hydrogens (tertiary/aromatic N) is 3. The van der Waals surface area contributed by atoms with Crippen molar-refractivity contribution in [2.24, 2.45) is 4.99 Å². The molecule has 0 bridgehead atoms. The maximum absolute atomic E-state index is 13.8. The summed E-state index contributed by atoms with van der Waals surface area (Å²) in [6.07, 6.45) is 2.58. The van der Waals surface area contributed by atoms with Crippen LogP contribution in [-0.2, 0) is 9.53 Å². The predicted molar refractivity (Wildman–Crippen MR) is 137 cm³/mol. The van der Waals surface area contributed by atoms with E-state index in [-0.39, 0.29) is 22.3 Å². The second-order valence-corrected chi connectivity index (χ2v) is 9.14. The fourth-order valence-electron chi connectivity index (χ4n) is 4.26. The van der Waals surface area contributed by atoms with Gasteiger partial charge in [0.25, 0.3) is 5.56 Å². The number of methoxy groups -OCH3 is 1. The maximum atomic E-state index is 13.8. The van der Waals surface area contributed by atoms with E-state index in [1.807, 2.05) is 6.92 Å². The van der Waals surface area contributed by atoms with Crippen molar-refractivity contribution >= 4 is 29.1 Å². The normalized spacial score (nSPS) is 15.2. The van der Waals surface area contributed by atoms with Gasteiger partial charge in [-0.1, -0.05) is 55.0 Å². The van der Waals surface area contributed by atoms with Crippen molar-refractivity contribution in [3.63, 3.8) is 0 Å². The van der Waals surface area contributed by atoms with Gasteiger partial charge in [-0.3, -0.25) is 19.5 Å². The molecule has 1 N–H and O–H groups in total. The molecule has 0 spiro atoms. The van der Waals surface area contributed by atoms with Gasteiger partial charge in [-0.15, -0.1) is 0 Å². The number of fused-ring (bicyclic) bond motifs is 1. The number of nitro benzene ring substituents is 1. The Morgan fingerprint density at radius 3 is 2.68 bits per heavy atom. The van der Waals surface area contributed by atoms with Crippen molar-refractivity contribution < 1.29 is 24.3 Å². The summed E-state index contributed by atoms with van der Waals surface area (Å²) in [6, 6.07) is 10.3. The van der Waals surface area contributed by atoms with Crippen molar-refractivity contribution in [1.29, 1.82) is 0 Å². The quantitative estimate of drug-likeness (QED) is 0.272. The molecular weight excluding hydrogens is 498 g/mol. The zero-order valence-corrected chi connectivity index (χ0v) is 21.3. The molecule has 1 atom stereocenters. The Morgan fingerprint density at radius 2 is 2.00 bits per heavy atom. The Bertz CT molecular complexity index is 1590. The van der Waals surface area contributed by atoms with Gasteiger partial charge in [0.15, 0.2) is 4.80 Å². The highest BCUT2D eigenvalue weighted by Gasteiger charge is 2.35. The molecule has 10 nitrogen and oxygen atoms in total. The summed E-state index contributed by atoms with van der Waals surface area (Å²) < 4.78 is 12.5. The molecule has 0 radical (unpaired) electrons. The highest BCUT2D eigenvalue weighted by atomic mass is 32.1. The number of hydrogen-bond donors (Lipinski definition) is 1. The molecule has 0 saturated heterocycles. The third-order valence-corrected chi connectivity index (χ3v) is 6.84. The van der Waals surface area contributed by atoms with Gasteiger partial charge in [-0.25, -0.2) is 9.79 Å². The van der Waals surface area contributed by atoms with Crippen LogP contribution in [0.1, 0.15) is 43.9 Å². The minimum Gasteiger partial charge on any atom is -0.502 e. The van der Waals surface area contributed by atoms with E-state index in [0.29, 0.717) is 34.7 Å². The lowest BCUT2D eigenvalue weighted by Crippen LogP contribution is -2.40. The number of nitro groups is 1. The van der Waals surface area contributed by atoms with Gasteiger partial charge >= 0.3 is 11.7 Å². The number of aromatic nitrogens is 1. The number of carbonyl (C=O) groups is 1. The SMILES string of the molecule is CCCC1=C(C(=O)OCC)[C@H](c2ccccc2OC)n2c(s/c(=C/c3cccc([N+](=O)[O-])c3O)c2=O)=N1. The molecule has 1 aliphatic rings. The third-order valence-electron chi connectivity index (χ3n) is 5.85. The summed E-state index contributed by atoms with van der Waals surface area (Å²) >= 11 is 1.07. The van der Waals surface area contributed by atoms with E-state index in [2.05, 4.69) is 4.99 Å². The Morgan fingerprint density at radius 1 is 1.24 bits per heavy atom. The van der Waals surface area contributed by atoms with Crippen LogP contribution in [0.3, 0.4) is 0 Å². The number of rotatable bonds is 8. The molecular formula is C26H25N3O7S. The first-order valence-corrected chi connectivity index (χ1v) is 12.4. The fourth-order valence-corrected chi connectivity index (χ4v) is 5.27. The molecule has 2 aromatic carbocycles. The number of phenolic OH excluding ortho intramolecular Hbond substituents is 1. The second kappa shape index (κ2) is 10.8. The van der Waals surface area contributed by atoms with Gasteiger partial charge in [-0.05, 0) is 25.5 Å². The molecule has 192 valence electrons. The number of thiazole rings is 1. The van der Waals surface area contributed by atoms with Crippen LogP contribution in [0.5, 0.6) is 11.5 Å². The minimum absolute atomic E-state index is 0.117. The second-order valence-electron chi connectivity index (χ2n) is 8.13. The number of phenols is 1. The van der Waals surface area contributed by atoms with E-state index in [4.69, 9.17) is 9.47 Å². The first-order chi connectivity index (χ1) is 17.8. The molecule has 1 aliphatic heterocycles. The summed E-state index contributed by atoms with van der Waals surface area (Å²) in [6.45, 7) is 3.82. The number of ether oxygens (including phenoxy) is 2. The topological polar surface area (TPSA) is 133 Å². The third kappa shape index (κ3) is 4.77. The van der Waals surface area contributed by atoms with Crippen LogP contribution in [0.15, 0.2) is 63.5 Å². The van der Waals surface area contributed by atoms with E-state index in [0.717, 1.165) is 11.3 Å². The molecule has 0 fully saturated rings. The van der Waals surface area contributed by atoms with Crippen molar-refractivity contribution in [1.82, 2.24) is 4.57 Å². The molecule has 0 aliphatic carbocycles. The lowest BCUT2D eigenvalue weighted by molar-refractivity contribution is -0.385. The van der Waals surface area contributed by atoms with Crippen LogP contribution in [0.4, 0.5) is 5.69 Å². The first kappa shape index (κ1) is 25.8. The summed E-state index contributed by atoms with van der Waals surface area (Å²) in [5, 5.41) is 21.7. The van der Waals surface area contributed by atoms with E-state index < -0.39 is 33.9 Å². The summed E-state index contributed by atoms with van der Waals surface area (Å²) in [7, 11) is 1.51. The van der Waals surface area contributed by atoms with Crippen LogP contribution in [0.2, 0.25) is 0 Å². The molecule has 1 aromatic heterocycles. The average Bonchev–Trinajstić information content (AvgIpc) is 3.19. The average molecular weight is 524 g/mol. The number of carbonyl (C=O) groups excluding carboxylic acids is 1. The number of para-hydroxylation sites is 2. The summed E-state index contributed by atoms with van der Waals surface area (Å²) in [5.74, 6) is -0.632. The lowest BCUT2D eigenvalue weighted by Gasteiger charge is -2.26. The number of esters is 1. The molecule has 0 amide bonds. The maximum Gasteiger partial charge on any atom is 0.338 e. The number of aromatic hydroxyl groups is 1. The summed E-state index contributed by atoms with van der Waals surface area (Å²) in [4.78, 5) is 42.6. The van der Waals surface area contributed by atoms with Crippen LogP contribution < -0.4 is 19.6 Å². The van der Waals surface area contributed by atoms with E-state index in [9.17, 15) is 24.8 Å². The van der Waals surface area contributed by atoms with Crippen LogP contribution in [0.25, 0.3) is 6.08 Å². The van der Waals surface area contributed by atoms with Gasteiger partial charge in [0.2, 0.25) is 5.75 Å². The van der Waals surface area contributed by atoms with Gasteiger partial charge < -0.3 is 14.6 Å². The number of benzene rings is 2. The van der Waals surface area contributed by atoms with Gasteiger partial charge in [0, 0.05) is 17.2 Å². The first-order valence-electron chi connectivity index (χ1n) is 11.6. The Kier molecular flexibility index (Phi) is 7.53. The Hall–Kier alpha value is -4.25. The molecule has 2 heterocycles. The van der Waals surface area contributed by atoms with Crippen molar-refractivity contribution in [2.45, 2.75) is 32.7 Å².